The van der Waals surface area contributed by atoms with E-state index in [-0.39, 0.29) is 0 Å². The van der Waals surface area contributed by atoms with Crippen LogP contribution in [-0.2, 0) is 11.3 Å². The van der Waals surface area contributed by atoms with Gasteiger partial charge in [-0.2, -0.15) is 0 Å². The van der Waals surface area contributed by atoms with Gasteiger partial charge in [0.2, 0.25) is 0 Å². The van der Waals surface area contributed by atoms with Gasteiger partial charge in [-0.3, -0.25) is 4.90 Å². The Morgan fingerprint density at radius 1 is 1.00 bits per heavy atom. The van der Waals surface area contributed by atoms with Crippen LogP contribution in [0.1, 0.15) is 5.56 Å². The molecule has 0 N–H and O–H groups in total. The molecule has 18 heavy (non-hydrogen) atoms. The molecule has 0 saturated carbocycles. The van der Waals surface area contributed by atoms with Crippen LogP contribution in [0.15, 0.2) is 40.9 Å². The van der Waals surface area contributed by atoms with Crippen molar-refractivity contribution in [1.29, 1.82) is 0 Å². The second kappa shape index (κ2) is 5.39. The molecule has 0 aliphatic carbocycles. The van der Waals surface area contributed by atoms with Crippen molar-refractivity contribution in [3.05, 3.63) is 46.4 Å². The molecule has 3 heteroatoms. The topological polar surface area (TPSA) is 12.5 Å². The van der Waals surface area contributed by atoms with Crippen LogP contribution in [0.25, 0.3) is 10.8 Å². The number of hydrogen-bond donors (Lipinski definition) is 0. The Balaban J connectivity index is 1.94. The van der Waals surface area contributed by atoms with E-state index in [0.717, 1.165) is 32.8 Å². The maximum Gasteiger partial charge on any atom is 0.0594 e. The van der Waals surface area contributed by atoms with Gasteiger partial charge in [0.25, 0.3) is 0 Å². The van der Waals surface area contributed by atoms with Gasteiger partial charge in [-0.25, -0.2) is 0 Å². The van der Waals surface area contributed by atoms with Gasteiger partial charge in [-0.05, 0) is 22.4 Å². The summed E-state index contributed by atoms with van der Waals surface area (Å²) in [5.74, 6) is 0. The molecule has 1 aliphatic heterocycles. The quantitative estimate of drug-likeness (QED) is 0.843. The summed E-state index contributed by atoms with van der Waals surface area (Å²) < 4.78 is 6.57. The molecule has 3 rings (SSSR count). The van der Waals surface area contributed by atoms with Crippen LogP contribution in [-0.4, -0.2) is 31.2 Å². The summed E-state index contributed by atoms with van der Waals surface area (Å²) in [7, 11) is 0. The Bertz CT molecular complexity index is 549. The third-order valence-electron chi connectivity index (χ3n) is 3.46. The Labute approximate surface area is 116 Å². The van der Waals surface area contributed by atoms with Gasteiger partial charge in [0.05, 0.1) is 13.2 Å². The molecule has 2 aromatic rings. The predicted octanol–water partition coefficient (Wildman–Crippen LogP) is 3.43. The zero-order chi connectivity index (χ0) is 12.4. The molecule has 1 heterocycles. The van der Waals surface area contributed by atoms with Crippen LogP contribution >= 0.6 is 15.9 Å². The molecule has 0 atom stereocenters. The van der Waals surface area contributed by atoms with Crippen LogP contribution < -0.4 is 0 Å². The minimum atomic E-state index is 0.856. The molecule has 1 saturated heterocycles. The number of benzene rings is 2. The molecule has 1 aliphatic rings. The van der Waals surface area contributed by atoms with Gasteiger partial charge in [0.1, 0.15) is 0 Å². The highest BCUT2D eigenvalue weighted by Crippen LogP contribution is 2.27. The highest BCUT2D eigenvalue weighted by atomic mass is 79.9. The Hall–Kier alpha value is -0.900. The van der Waals surface area contributed by atoms with Crippen molar-refractivity contribution in [3.63, 3.8) is 0 Å². The van der Waals surface area contributed by atoms with Crippen molar-refractivity contribution in [2.45, 2.75) is 6.54 Å². The SMILES string of the molecule is Brc1ccc(CN2CCOCC2)c2ccccc12. The lowest BCUT2D eigenvalue weighted by Gasteiger charge is -2.27. The molecule has 94 valence electrons. The zero-order valence-electron chi connectivity index (χ0n) is 10.2. The van der Waals surface area contributed by atoms with E-state index in [1.165, 1.54) is 20.8 Å². The number of halogens is 1. The summed E-state index contributed by atoms with van der Waals surface area (Å²) >= 11 is 3.62. The van der Waals surface area contributed by atoms with Crippen LogP contribution in [0.4, 0.5) is 0 Å². The van der Waals surface area contributed by atoms with Crippen molar-refractivity contribution in [2.24, 2.45) is 0 Å². The normalized spacial score (nSPS) is 17.2. The van der Waals surface area contributed by atoms with Crippen LogP contribution in [0.5, 0.6) is 0 Å². The first-order chi connectivity index (χ1) is 8.84. The van der Waals surface area contributed by atoms with Crippen LogP contribution in [0, 0.1) is 0 Å². The molecular formula is C15H16BrNO. The lowest BCUT2D eigenvalue weighted by Crippen LogP contribution is -2.35. The van der Waals surface area contributed by atoms with Crippen LogP contribution in [0.3, 0.4) is 0 Å². The van der Waals surface area contributed by atoms with Crippen molar-refractivity contribution in [3.8, 4) is 0 Å². The summed E-state index contributed by atoms with van der Waals surface area (Å²) in [4.78, 5) is 2.46. The smallest absolute Gasteiger partial charge is 0.0594 e. The summed E-state index contributed by atoms with van der Waals surface area (Å²) in [5, 5.41) is 2.64. The first-order valence-electron chi connectivity index (χ1n) is 6.31. The summed E-state index contributed by atoms with van der Waals surface area (Å²) in [6.45, 7) is 4.79. The zero-order valence-corrected chi connectivity index (χ0v) is 11.8. The Morgan fingerprint density at radius 3 is 2.50 bits per heavy atom. The number of fused-ring (bicyclic) bond motifs is 1. The highest BCUT2D eigenvalue weighted by molar-refractivity contribution is 9.10. The van der Waals surface area contributed by atoms with Gasteiger partial charge in [-0.1, -0.05) is 46.3 Å². The minimum Gasteiger partial charge on any atom is -0.379 e. The van der Waals surface area contributed by atoms with Crippen molar-refractivity contribution in [2.75, 3.05) is 26.3 Å². The van der Waals surface area contributed by atoms with Gasteiger partial charge in [0.15, 0.2) is 0 Å². The molecular weight excluding hydrogens is 290 g/mol. The van der Waals surface area contributed by atoms with Crippen molar-refractivity contribution < 1.29 is 4.74 Å². The molecule has 2 aromatic carbocycles. The molecule has 0 bridgehead atoms. The lowest BCUT2D eigenvalue weighted by molar-refractivity contribution is 0.0343. The van der Waals surface area contributed by atoms with Gasteiger partial charge in [-0.15, -0.1) is 0 Å². The number of nitrogens with zero attached hydrogens (tertiary/aromatic N) is 1. The van der Waals surface area contributed by atoms with E-state index in [1.807, 2.05) is 0 Å². The fraction of sp³-hybridized carbons (Fsp3) is 0.333. The Kier molecular flexibility index (Phi) is 3.64. The standard InChI is InChI=1S/C15H16BrNO/c16-15-6-5-12(11-17-7-9-18-10-8-17)13-3-1-2-4-14(13)15/h1-6H,7-11H2. The number of morpholine rings is 1. The summed E-state index contributed by atoms with van der Waals surface area (Å²) in [6, 6.07) is 12.9. The fourth-order valence-corrected chi connectivity index (χ4v) is 2.94. The lowest BCUT2D eigenvalue weighted by atomic mass is 10.0. The molecule has 0 spiro atoms. The highest BCUT2D eigenvalue weighted by Gasteiger charge is 2.12. The van der Waals surface area contributed by atoms with E-state index in [1.54, 1.807) is 0 Å². The molecule has 0 amide bonds. The third-order valence-corrected chi connectivity index (χ3v) is 4.15. The monoisotopic (exact) mass is 305 g/mol. The van der Waals surface area contributed by atoms with Crippen molar-refractivity contribution >= 4 is 26.7 Å². The maximum absolute atomic E-state index is 5.39. The minimum absolute atomic E-state index is 0.856. The second-order valence-corrected chi connectivity index (χ2v) is 5.49. The van der Waals surface area contributed by atoms with E-state index < -0.39 is 0 Å². The summed E-state index contributed by atoms with van der Waals surface area (Å²) in [6.07, 6.45) is 0. The van der Waals surface area contributed by atoms with Crippen LogP contribution in [0.2, 0.25) is 0 Å². The van der Waals surface area contributed by atoms with Crippen molar-refractivity contribution in [1.82, 2.24) is 4.90 Å². The maximum atomic E-state index is 5.39. The molecule has 0 aromatic heterocycles. The summed E-state index contributed by atoms with van der Waals surface area (Å²) in [5.41, 5.74) is 1.40. The van der Waals surface area contributed by atoms with Gasteiger partial charge >= 0.3 is 0 Å². The van der Waals surface area contributed by atoms with Gasteiger partial charge < -0.3 is 4.74 Å². The fourth-order valence-electron chi connectivity index (χ4n) is 2.46. The van der Waals surface area contributed by atoms with E-state index >= 15 is 0 Å². The third kappa shape index (κ3) is 2.44. The second-order valence-electron chi connectivity index (χ2n) is 4.64. The molecule has 0 radical (unpaired) electrons. The number of ether oxygens (including phenoxy) is 1. The molecule has 0 unspecified atom stereocenters. The molecule has 2 nitrogen and oxygen atoms in total. The first kappa shape index (κ1) is 12.2. The number of rotatable bonds is 2. The largest absolute Gasteiger partial charge is 0.379 e. The average Bonchev–Trinajstić information content (AvgIpc) is 2.44. The van der Waals surface area contributed by atoms with E-state index in [0.29, 0.717) is 0 Å². The van der Waals surface area contributed by atoms with E-state index in [9.17, 15) is 0 Å². The van der Waals surface area contributed by atoms with Gasteiger partial charge in [0, 0.05) is 24.1 Å². The Morgan fingerprint density at radius 2 is 1.72 bits per heavy atom. The number of hydrogen-bond acceptors (Lipinski definition) is 2. The average molecular weight is 306 g/mol. The van der Waals surface area contributed by atoms with E-state index in [2.05, 4.69) is 57.2 Å². The first-order valence-corrected chi connectivity index (χ1v) is 7.10. The predicted molar refractivity (Wildman–Crippen MR) is 77.7 cm³/mol. The van der Waals surface area contributed by atoms with E-state index in [4.69, 9.17) is 4.74 Å². The molecule has 1 fully saturated rings.